The average molecular weight is 348 g/mol. The van der Waals surface area contributed by atoms with Crippen LogP contribution in [-0.2, 0) is 0 Å². The molecule has 0 fully saturated rings. The van der Waals surface area contributed by atoms with Gasteiger partial charge in [0.1, 0.15) is 11.6 Å². The van der Waals surface area contributed by atoms with Crippen molar-refractivity contribution in [2.75, 3.05) is 0 Å². The third-order valence-corrected chi connectivity index (χ3v) is 3.28. The van der Waals surface area contributed by atoms with Crippen molar-refractivity contribution in [3.63, 3.8) is 0 Å². The van der Waals surface area contributed by atoms with Crippen LogP contribution in [0.1, 0.15) is 17.2 Å². The molecule has 0 radical (unpaired) electrons. The lowest BCUT2D eigenvalue weighted by Gasteiger charge is -2.18. The van der Waals surface area contributed by atoms with Crippen LogP contribution in [0.5, 0.6) is 0 Å². The minimum Gasteiger partial charge on any atom is -0.271 e. The smallest absolute Gasteiger partial charge is 0.126 e. The Bertz CT molecular complexity index is 515. The van der Waals surface area contributed by atoms with E-state index in [9.17, 15) is 8.78 Å². The summed E-state index contributed by atoms with van der Waals surface area (Å²) in [5, 5.41) is 0.501. The highest BCUT2D eigenvalue weighted by molar-refractivity contribution is 9.10. The third-order valence-electron chi connectivity index (χ3n) is 2.60. The molecule has 2 aromatic rings. The summed E-state index contributed by atoms with van der Waals surface area (Å²) in [5.41, 5.74) is 3.62. The van der Waals surface area contributed by atoms with Gasteiger partial charge in [0.25, 0.3) is 0 Å². The number of nitrogens with one attached hydrogen (secondary N) is 1. The van der Waals surface area contributed by atoms with Crippen LogP contribution in [0, 0.1) is 11.6 Å². The maximum absolute atomic E-state index is 13.3. The third kappa shape index (κ3) is 3.51. The second-order valence-corrected chi connectivity index (χ2v) is 5.36. The van der Waals surface area contributed by atoms with Crippen molar-refractivity contribution >= 4 is 27.5 Å². The molecule has 2 rings (SSSR count). The number of halogens is 4. The molecule has 0 heterocycles. The van der Waals surface area contributed by atoms with Gasteiger partial charge in [0.05, 0.1) is 6.04 Å². The molecular formula is C13H10BrClF2N2. The molecule has 0 aromatic heterocycles. The van der Waals surface area contributed by atoms with Crippen molar-refractivity contribution in [2.45, 2.75) is 6.04 Å². The summed E-state index contributed by atoms with van der Waals surface area (Å²) in [6.45, 7) is 0. The second-order valence-electron chi connectivity index (χ2n) is 4.01. The van der Waals surface area contributed by atoms with Crippen molar-refractivity contribution in [3.05, 3.63) is 68.7 Å². The number of nitrogens with two attached hydrogens (primary N) is 1. The second kappa shape index (κ2) is 5.96. The average Bonchev–Trinajstić information content (AvgIpc) is 2.27. The highest BCUT2D eigenvalue weighted by atomic mass is 79.9. The van der Waals surface area contributed by atoms with Crippen molar-refractivity contribution < 1.29 is 8.78 Å². The number of benzene rings is 2. The SMILES string of the molecule is NNC(c1cc(F)cc(F)c1)c1cc(Cl)cc(Br)c1. The molecule has 19 heavy (non-hydrogen) atoms. The molecule has 100 valence electrons. The molecule has 0 aliphatic rings. The van der Waals surface area contributed by atoms with Crippen LogP contribution in [0.3, 0.4) is 0 Å². The van der Waals surface area contributed by atoms with Gasteiger partial charge in [-0.05, 0) is 41.5 Å². The van der Waals surface area contributed by atoms with Gasteiger partial charge in [-0.2, -0.15) is 0 Å². The van der Waals surface area contributed by atoms with Crippen LogP contribution in [0.15, 0.2) is 40.9 Å². The van der Waals surface area contributed by atoms with E-state index >= 15 is 0 Å². The predicted octanol–water partition coefficient (Wildman–Crippen LogP) is 3.93. The highest BCUT2D eigenvalue weighted by Gasteiger charge is 2.15. The van der Waals surface area contributed by atoms with E-state index in [1.165, 1.54) is 12.1 Å². The molecule has 0 bridgehead atoms. The number of rotatable bonds is 3. The first kappa shape index (κ1) is 14.4. The molecule has 2 aromatic carbocycles. The molecule has 0 spiro atoms. The van der Waals surface area contributed by atoms with Crippen LogP contribution < -0.4 is 11.3 Å². The van der Waals surface area contributed by atoms with Crippen LogP contribution in [0.2, 0.25) is 5.02 Å². The molecule has 2 nitrogen and oxygen atoms in total. The molecule has 0 aliphatic carbocycles. The highest BCUT2D eigenvalue weighted by Crippen LogP contribution is 2.28. The Kier molecular flexibility index (Phi) is 4.52. The van der Waals surface area contributed by atoms with Crippen molar-refractivity contribution in [3.8, 4) is 0 Å². The molecular weight excluding hydrogens is 338 g/mol. The Morgan fingerprint density at radius 3 is 2.11 bits per heavy atom. The molecule has 0 aliphatic heterocycles. The van der Waals surface area contributed by atoms with Crippen LogP contribution in [0.4, 0.5) is 8.78 Å². The fraction of sp³-hybridized carbons (Fsp3) is 0.0769. The largest absolute Gasteiger partial charge is 0.271 e. The monoisotopic (exact) mass is 346 g/mol. The summed E-state index contributed by atoms with van der Waals surface area (Å²) < 4.78 is 27.3. The summed E-state index contributed by atoms with van der Waals surface area (Å²) in [7, 11) is 0. The fourth-order valence-corrected chi connectivity index (χ4v) is 2.75. The van der Waals surface area contributed by atoms with E-state index in [-0.39, 0.29) is 0 Å². The van der Waals surface area contributed by atoms with E-state index in [1.807, 2.05) is 0 Å². The lowest BCUT2D eigenvalue weighted by molar-refractivity contribution is 0.566. The molecule has 0 amide bonds. The van der Waals surface area contributed by atoms with Crippen LogP contribution in [-0.4, -0.2) is 0 Å². The van der Waals surface area contributed by atoms with Crippen molar-refractivity contribution in [2.24, 2.45) is 5.84 Å². The van der Waals surface area contributed by atoms with Crippen LogP contribution in [0.25, 0.3) is 0 Å². The van der Waals surface area contributed by atoms with Gasteiger partial charge >= 0.3 is 0 Å². The summed E-state index contributed by atoms with van der Waals surface area (Å²) in [4.78, 5) is 0. The zero-order chi connectivity index (χ0) is 14.0. The van der Waals surface area contributed by atoms with Crippen molar-refractivity contribution in [1.82, 2.24) is 5.43 Å². The zero-order valence-electron chi connectivity index (χ0n) is 9.63. The first-order valence-electron chi connectivity index (χ1n) is 5.37. The fourth-order valence-electron chi connectivity index (χ4n) is 1.87. The lowest BCUT2D eigenvalue weighted by Crippen LogP contribution is -2.29. The number of hydrogen-bond acceptors (Lipinski definition) is 2. The summed E-state index contributed by atoms with van der Waals surface area (Å²) in [5.74, 6) is 4.17. The Hall–Kier alpha value is -1.01. The first-order chi connectivity index (χ1) is 8.99. The van der Waals surface area contributed by atoms with E-state index in [0.717, 1.165) is 10.5 Å². The summed E-state index contributed by atoms with van der Waals surface area (Å²) in [6.07, 6.45) is 0. The lowest BCUT2D eigenvalue weighted by atomic mass is 9.99. The Morgan fingerprint density at radius 2 is 1.58 bits per heavy atom. The van der Waals surface area contributed by atoms with Gasteiger partial charge in [-0.15, -0.1) is 0 Å². The van der Waals surface area contributed by atoms with E-state index in [4.69, 9.17) is 17.4 Å². The van der Waals surface area contributed by atoms with E-state index in [0.29, 0.717) is 16.1 Å². The van der Waals surface area contributed by atoms with Crippen LogP contribution >= 0.6 is 27.5 Å². The Morgan fingerprint density at radius 1 is 1.00 bits per heavy atom. The molecule has 0 saturated carbocycles. The van der Waals surface area contributed by atoms with Crippen molar-refractivity contribution in [1.29, 1.82) is 0 Å². The minimum atomic E-state index is -0.656. The predicted molar refractivity (Wildman–Crippen MR) is 74.7 cm³/mol. The normalized spacial score (nSPS) is 12.5. The van der Waals surface area contributed by atoms with Gasteiger partial charge in [0, 0.05) is 15.6 Å². The molecule has 3 N–H and O–H groups in total. The number of hydrazine groups is 1. The van der Waals surface area contributed by atoms with Gasteiger partial charge in [-0.25, -0.2) is 14.2 Å². The van der Waals surface area contributed by atoms with Gasteiger partial charge in [0.2, 0.25) is 0 Å². The van der Waals surface area contributed by atoms with E-state index < -0.39 is 17.7 Å². The summed E-state index contributed by atoms with van der Waals surface area (Å²) >= 11 is 9.27. The van der Waals surface area contributed by atoms with Gasteiger partial charge in [-0.1, -0.05) is 27.5 Å². The first-order valence-corrected chi connectivity index (χ1v) is 6.55. The molecule has 0 saturated heterocycles. The van der Waals surface area contributed by atoms with Gasteiger partial charge in [0.15, 0.2) is 0 Å². The summed E-state index contributed by atoms with van der Waals surface area (Å²) in [6, 6.07) is 7.87. The van der Waals surface area contributed by atoms with Gasteiger partial charge in [-0.3, -0.25) is 5.84 Å². The standard InChI is InChI=1S/C13H10BrClF2N2/c14-9-1-7(2-10(15)5-9)13(19-18)8-3-11(16)6-12(17)4-8/h1-6,13,19H,18H2. The number of hydrogen-bond donors (Lipinski definition) is 2. The maximum Gasteiger partial charge on any atom is 0.126 e. The maximum atomic E-state index is 13.3. The zero-order valence-corrected chi connectivity index (χ0v) is 12.0. The topological polar surface area (TPSA) is 38.0 Å². The van der Waals surface area contributed by atoms with E-state index in [2.05, 4.69) is 21.4 Å². The quantitative estimate of drug-likeness (QED) is 0.652. The Balaban J connectivity index is 2.49. The Labute approximate surface area is 122 Å². The molecule has 1 unspecified atom stereocenters. The molecule has 1 atom stereocenters. The minimum absolute atomic E-state index is 0.383. The van der Waals surface area contributed by atoms with Gasteiger partial charge < -0.3 is 0 Å². The van der Waals surface area contributed by atoms with E-state index in [1.54, 1.807) is 18.2 Å². The molecule has 6 heteroatoms.